The molecule has 5 heteroatoms. The lowest BCUT2D eigenvalue weighted by atomic mass is 10.0. The van der Waals surface area contributed by atoms with Gasteiger partial charge in [0.1, 0.15) is 5.69 Å². The van der Waals surface area contributed by atoms with Crippen LogP contribution < -0.4 is 10.9 Å². The largest absolute Gasteiger partial charge is 0.383 e. The molecule has 1 aliphatic rings. The first kappa shape index (κ1) is 15.7. The summed E-state index contributed by atoms with van der Waals surface area (Å²) in [6, 6.07) is 8.48. The van der Waals surface area contributed by atoms with Gasteiger partial charge in [0.05, 0.1) is 5.69 Å². The Labute approximate surface area is 136 Å². The van der Waals surface area contributed by atoms with Crippen molar-refractivity contribution in [3.05, 3.63) is 45.7 Å². The highest BCUT2D eigenvalue weighted by Crippen LogP contribution is 2.29. The fourth-order valence-electron chi connectivity index (χ4n) is 3.08. The topological polar surface area (TPSA) is 61.0 Å². The zero-order chi connectivity index (χ0) is 16.2. The standard InChI is InChI=1S/C18H24N4O/c1-3-22(4-2)12-13-7-9-14(10-8-13)16-17-15(6-5-11-19-17)18(23)21-20-16/h7-10,19H,3-6,11-12H2,1-2H3,(H,21,23). The van der Waals surface area contributed by atoms with E-state index in [-0.39, 0.29) is 5.56 Å². The lowest BCUT2D eigenvalue weighted by Crippen LogP contribution is -2.24. The van der Waals surface area contributed by atoms with Gasteiger partial charge in [0, 0.05) is 24.2 Å². The summed E-state index contributed by atoms with van der Waals surface area (Å²) in [5.74, 6) is 0. The van der Waals surface area contributed by atoms with Crippen LogP contribution in [0.1, 0.15) is 31.4 Å². The molecule has 0 bridgehead atoms. The van der Waals surface area contributed by atoms with Crippen LogP contribution >= 0.6 is 0 Å². The first-order valence-electron chi connectivity index (χ1n) is 8.40. The molecule has 2 heterocycles. The number of aromatic amines is 1. The maximum absolute atomic E-state index is 11.9. The van der Waals surface area contributed by atoms with Crippen LogP contribution in [-0.2, 0) is 13.0 Å². The van der Waals surface area contributed by atoms with Crippen molar-refractivity contribution < 1.29 is 0 Å². The normalized spacial score (nSPS) is 13.7. The summed E-state index contributed by atoms with van der Waals surface area (Å²) in [6.07, 6.45) is 1.80. The lowest BCUT2D eigenvalue weighted by molar-refractivity contribution is 0.296. The van der Waals surface area contributed by atoms with Crippen LogP contribution in [0.2, 0.25) is 0 Å². The number of nitrogens with zero attached hydrogens (tertiary/aromatic N) is 2. The number of fused-ring (bicyclic) bond motifs is 1. The number of aromatic nitrogens is 2. The van der Waals surface area contributed by atoms with Crippen LogP contribution in [0, 0.1) is 0 Å². The van der Waals surface area contributed by atoms with Crippen LogP contribution in [0.15, 0.2) is 29.1 Å². The Bertz CT molecular complexity index is 717. The van der Waals surface area contributed by atoms with Gasteiger partial charge in [0.2, 0.25) is 0 Å². The summed E-state index contributed by atoms with van der Waals surface area (Å²) in [5, 5.41) is 10.3. The van der Waals surface area contributed by atoms with Gasteiger partial charge >= 0.3 is 0 Å². The van der Waals surface area contributed by atoms with Gasteiger partial charge in [-0.25, -0.2) is 5.10 Å². The van der Waals surface area contributed by atoms with E-state index in [0.29, 0.717) is 0 Å². The molecule has 0 atom stereocenters. The van der Waals surface area contributed by atoms with Crippen molar-refractivity contribution in [2.24, 2.45) is 0 Å². The monoisotopic (exact) mass is 312 g/mol. The minimum atomic E-state index is -0.0749. The molecule has 0 unspecified atom stereocenters. The molecule has 0 fully saturated rings. The molecule has 1 aromatic carbocycles. The molecule has 3 rings (SSSR count). The third kappa shape index (κ3) is 3.29. The number of benzene rings is 1. The fraction of sp³-hybridized carbons (Fsp3) is 0.444. The first-order valence-corrected chi connectivity index (χ1v) is 8.40. The van der Waals surface area contributed by atoms with E-state index in [1.54, 1.807) is 0 Å². The molecule has 0 radical (unpaired) electrons. The van der Waals surface area contributed by atoms with E-state index in [1.165, 1.54) is 5.56 Å². The maximum atomic E-state index is 11.9. The van der Waals surface area contributed by atoms with Gasteiger partial charge < -0.3 is 5.32 Å². The van der Waals surface area contributed by atoms with E-state index in [9.17, 15) is 4.79 Å². The van der Waals surface area contributed by atoms with Crippen molar-refractivity contribution in [1.29, 1.82) is 0 Å². The number of nitrogens with one attached hydrogen (secondary N) is 2. The van der Waals surface area contributed by atoms with E-state index in [2.05, 4.69) is 58.5 Å². The van der Waals surface area contributed by atoms with Crippen molar-refractivity contribution in [1.82, 2.24) is 15.1 Å². The Morgan fingerprint density at radius 2 is 1.91 bits per heavy atom. The second kappa shape index (κ2) is 6.96. The number of rotatable bonds is 5. The molecular formula is C18H24N4O. The summed E-state index contributed by atoms with van der Waals surface area (Å²) in [7, 11) is 0. The Balaban J connectivity index is 1.90. The molecule has 2 N–H and O–H groups in total. The highest BCUT2D eigenvalue weighted by Gasteiger charge is 2.18. The molecule has 1 aliphatic heterocycles. The van der Waals surface area contributed by atoms with E-state index in [1.807, 2.05) is 0 Å². The van der Waals surface area contributed by atoms with Gasteiger partial charge in [0.25, 0.3) is 5.56 Å². The quantitative estimate of drug-likeness (QED) is 0.891. The molecule has 2 aromatic rings. The second-order valence-electron chi connectivity index (χ2n) is 5.94. The Kier molecular flexibility index (Phi) is 4.76. The van der Waals surface area contributed by atoms with Crippen LogP contribution in [-0.4, -0.2) is 34.7 Å². The zero-order valence-electron chi connectivity index (χ0n) is 13.9. The van der Waals surface area contributed by atoms with E-state index in [4.69, 9.17) is 0 Å². The number of anilines is 1. The van der Waals surface area contributed by atoms with Crippen molar-refractivity contribution in [3.8, 4) is 11.3 Å². The third-order valence-corrected chi connectivity index (χ3v) is 4.52. The summed E-state index contributed by atoms with van der Waals surface area (Å²) >= 11 is 0. The third-order valence-electron chi connectivity index (χ3n) is 4.52. The molecule has 0 aliphatic carbocycles. The van der Waals surface area contributed by atoms with Crippen LogP contribution in [0.3, 0.4) is 0 Å². The van der Waals surface area contributed by atoms with Crippen molar-refractivity contribution in [2.45, 2.75) is 33.2 Å². The van der Waals surface area contributed by atoms with Crippen molar-refractivity contribution >= 4 is 5.69 Å². The molecule has 23 heavy (non-hydrogen) atoms. The Hall–Kier alpha value is -2.14. The van der Waals surface area contributed by atoms with Gasteiger partial charge in [-0.2, -0.15) is 5.10 Å². The average molecular weight is 312 g/mol. The van der Waals surface area contributed by atoms with Crippen LogP contribution in [0.4, 0.5) is 5.69 Å². The molecule has 0 amide bonds. The Morgan fingerprint density at radius 3 is 2.61 bits per heavy atom. The number of hydrogen-bond donors (Lipinski definition) is 2. The highest BCUT2D eigenvalue weighted by molar-refractivity contribution is 5.76. The predicted molar refractivity (Wildman–Crippen MR) is 93.7 cm³/mol. The summed E-state index contributed by atoms with van der Waals surface area (Å²) in [6.45, 7) is 8.32. The van der Waals surface area contributed by atoms with Gasteiger partial charge in [0.15, 0.2) is 0 Å². The van der Waals surface area contributed by atoms with Gasteiger partial charge in [-0.15, -0.1) is 0 Å². The van der Waals surface area contributed by atoms with Crippen molar-refractivity contribution in [3.63, 3.8) is 0 Å². The number of hydrogen-bond acceptors (Lipinski definition) is 4. The van der Waals surface area contributed by atoms with Gasteiger partial charge in [-0.05, 0) is 31.5 Å². The lowest BCUT2D eigenvalue weighted by Gasteiger charge is -2.20. The SMILES string of the molecule is CCN(CC)Cc1ccc(-c2n[nH]c(=O)c3c2NCCC3)cc1. The molecule has 1 aromatic heterocycles. The predicted octanol–water partition coefficient (Wildman–Crippen LogP) is 2.64. The molecule has 0 spiro atoms. The number of H-pyrrole nitrogens is 1. The van der Waals surface area contributed by atoms with Crippen LogP contribution in [0.25, 0.3) is 11.3 Å². The molecular weight excluding hydrogens is 288 g/mol. The minimum absolute atomic E-state index is 0.0749. The molecule has 0 saturated carbocycles. The van der Waals surface area contributed by atoms with Crippen LogP contribution in [0.5, 0.6) is 0 Å². The van der Waals surface area contributed by atoms with E-state index < -0.39 is 0 Å². The summed E-state index contributed by atoms with van der Waals surface area (Å²) in [4.78, 5) is 14.3. The summed E-state index contributed by atoms with van der Waals surface area (Å²) < 4.78 is 0. The smallest absolute Gasteiger partial charge is 0.269 e. The molecule has 122 valence electrons. The second-order valence-corrected chi connectivity index (χ2v) is 5.94. The average Bonchev–Trinajstić information content (AvgIpc) is 2.61. The maximum Gasteiger partial charge on any atom is 0.269 e. The highest BCUT2D eigenvalue weighted by atomic mass is 16.1. The molecule has 0 saturated heterocycles. The minimum Gasteiger partial charge on any atom is -0.383 e. The van der Waals surface area contributed by atoms with E-state index >= 15 is 0 Å². The van der Waals surface area contributed by atoms with Gasteiger partial charge in [-0.3, -0.25) is 9.69 Å². The summed E-state index contributed by atoms with van der Waals surface area (Å²) in [5.41, 5.74) is 4.83. The van der Waals surface area contributed by atoms with Gasteiger partial charge in [-0.1, -0.05) is 38.1 Å². The Morgan fingerprint density at radius 1 is 1.17 bits per heavy atom. The first-order chi connectivity index (χ1) is 11.2. The zero-order valence-corrected chi connectivity index (χ0v) is 13.9. The van der Waals surface area contributed by atoms with Crippen molar-refractivity contribution in [2.75, 3.05) is 25.0 Å². The fourth-order valence-corrected chi connectivity index (χ4v) is 3.08. The van der Waals surface area contributed by atoms with E-state index in [0.717, 1.165) is 61.5 Å². The molecule has 5 nitrogen and oxygen atoms in total.